The van der Waals surface area contributed by atoms with Gasteiger partial charge in [-0.05, 0) is 32.4 Å². The van der Waals surface area contributed by atoms with E-state index in [4.69, 9.17) is 21.5 Å². The molecule has 0 aliphatic rings. The number of primary sulfonamides is 1. The molecule has 0 bridgehead atoms. The van der Waals surface area contributed by atoms with Crippen LogP contribution in [0.25, 0.3) is 0 Å². The van der Waals surface area contributed by atoms with Crippen molar-refractivity contribution in [3.05, 3.63) is 22.7 Å². The van der Waals surface area contributed by atoms with Gasteiger partial charge in [0, 0.05) is 10.6 Å². The van der Waals surface area contributed by atoms with E-state index in [-0.39, 0.29) is 21.2 Å². The number of rotatable bonds is 5. The van der Waals surface area contributed by atoms with Crippen molar-refractivity contribution in [3.63, 3.8) is 0 Å². The molecule has 0 aromatic heterocycles. The van der Waals surface area contributed by atoms with Crippen LogP contribution in [-0.2, 0) is 10.0 Å². The Labute approximate surface area is 129 Å². The fourth-order valence-electron chi connectivity index (χ4n) is 1.62. The lowest BCUT2D eigenvalue weighted by Gasteiger charge is -2.25. The van der Waals surface area contributed by atoms with Gasteiger partial charge < -0.3 is 10.1 Å². The van der Waals surface area contributed by atoms with Gasteiger partial charge in [-0.2, -0.15) is 0 Å². The molecule has 1 aromatic carbocycles. The van der Waals surface area contributed by atoms with Gasteiger partial charge >= 0.3 is 0 Å². The minimum atomic E-state index is -4.06. The van der Waals surface area contributed by atoms with Crippen LogP contribution in [0.5, 0.6) is 5.75 Å². The lowest BCUT2D eigenvalue weighted by molar-refractivity contribution is 0.0907. The Balaban J connectivity index is 3.43. The van der Waals surface area contributed by atoms with Gasteiger partial charge in [-0.3, -0.25) is 4.79 Å². The molecular weight excluding hydrogens is 316 g/mol. The van der Waals surface area contributed by atoms with Crippen LogP contribution in [0.3, 0.4) is 0 Å². The van der Waals surface area contributed by atoms with Gasteiger partial charge in [0.1, 0.15) is 4.90 Å². The van der Waals surface area contributed by atoms with E-state index < -0.39 is 21.5 Å². The molecule has 0 saturated heterocycles. The number of nitrogens with two attached hydrogens (primary N) is 1. The number of hydrogen-bond donors (Lipinski definition) is 2. The quantitative estimate of drug-likeness (QED) is 0.859. The third-order valence-electron chi connectivity index (χ3n) is 3.11. The lowest BCUT2D eigenvalue weighted by atomic mass is 10.0. The fraction of sp³-hybridized carbons (Fsp3) is 0.462. The molecule has 0 spiro atoms. The highest BCUT2D eigenvalue weighted by Gasteiger charge is 2.26. The molecule has 1 rings (SSSR count). The Morgan fingerprint density at radius 2 is 2.00 bits per heavy atom. The minimum Gasteiger partial charge on any atom is -0.494 e. The van der Waals surface area contributed by atoms with E-state index >= 15 is 0 Å². The van der Waals surface area contributed by atoms with E-state index in [0.29, 0.717) is 6.42 Å². The maximum atomic E-state index is 12.3. The Kier molecular flexibility index (Phi) is 5.25. The van der Waals surface area contributed by atoms with Gasteiger partial charge in [0.05, 0.1) is 12.7 Å². The van der Waals surface area contributed by atoms with Crippen LogP contribution in [-0.4, -0.2) is 27.0 Å². The van der Waals surface area contributed by atoms with Crippen molar-refractivity contribution in [3.8, 4) is 5.75 Å². The maximum absolute atomic E-state index is 12.3. The number of amides is 1. The summed E-state index contributed by atoms with van der Waals surface area (Å²) in [6, 6.07) is 2.49. The summed E-state index contributed by atoms with van der Waals surface area (Å²) in [7, 11) is -2.80. The summed E-state index contributed by atoms with van der Waals surface area (Å²) in [4.78, 5) is 12.0. The first-order valence-electron chi connectivity index (χ1n) is 6.24. The molecule has 0 aliphatic heterocycles. The number of carbonyl (C=O) groups is 1. The second kappa shape index (κ2) is 6.21. The zero-order chi connectivity index (χ0) is 16.4. The van der Waals surface area contributed by atoms with Crippen LogP contribution in [0, 0.1) is 0 Å². The molecule has 3 N–H and O–H groups in total. The topological polar surface area (TPSA) is 98.5 Å². The Morgan fingerprint density at radius 3 is 2.43 bits per heavy atom. The molecule has 1 aromatic rings. The number of carbonyl (C=O) groups excluding carboxylic acids is 1. The van der Waals surface area contributed by atoms with Crippen LogP contribution < -0.4 is 15.2 Å². The number of hydrogen-bond acceptors (Lipinski definition) is 4. The molecule has 0 saturated carbocycles. The third-order valence-corrected chi connectivity index (χ3v) is 4.25. The summed E-state index contributed by atoms with van der Waals surface area (Å²) >= 11 is 5.88. The summed E-state index contributed by atoms with van der Waals surface area (Å²) in [6.45, 7) is 5.62. The SMILES string of the molecule is CCC(C)(C)NC(=O)c1cc(Cl)cc(S(N)(=O)=O)c1OC. The molecule has 0 fully saturated rings. The van der Waals surface area contributed by atoms with Crippen molar-refractivity contribution < 1.29 is 17.9 Å². The normalized spacial score (nSPS) is 12.1. The number of halogens is 1. The summed E-state index contributed by atoms with van der Waals surface area (Å²) in [5.74, 6) is -0.600. The maximum Gasteiger partial charge on any atom is 0.255 e. The Hall–Kier alpha value is -1.31. The largest absolute Gasteiger partial charge is 0.494 e. The van der Waals surface area contributed by atoms with Gasteiger partial charge in [0.15, 0.2) is 5.75 Å². The van der Waals surface area contributed by atoms with Gasteiger partial charge in [0.2, 0.25) is 10.0 Å². The lowest BCUT2D eigenvalue weighted by Crippen LogP contribution is -2.43. The standard InChI is InChI=1S/C13H19ClN2O4S/c1-5-13(2,3)16-12(17)9-6-8(14)7-10(11(9)20-4)21(15,18)19/h6-7H,5H2,1-4H3,(H,16,17)(H2,15,18,19). The molecule has 0 heterocycles. The summed E-state index contributed by atoms with van der Waals surface area (Å²) in [6.07, 6.45) is 0.698. The third kappa shape index (κ3) is 4.33. The van der Waals surface area contributed by atoms with Crippen molar-refractivity contribution in [2.24, 2.45) is 5.14 Å². The van der Waals surface area contributed by atoms with E-state index in [1.165, 1.54) is 13.2 Å². The highest BCUT2D eigenvalue weighted by atomic mass is 35.5. The highest BCUT2D eigenvalue weighted by Crippen LogP contribution is 2.31. The van der Waals surface area contributed by atoms with Crippen LogP contribution in [0.1, 0.15) is 37.6 Å². The Bertz CT molecular complexity index is 656. The highest BCUT2D eigenvalue weighted by molar-refractivity contribution is 7.89. The van der Waals surface area contributed by atoms with Gasteiger partial charge in [-0.1, -0.05) is 18.5 Å². The summed E-state index contributed by atoms with van der Waals surface area (Å²) in [5.41, 5.74) is -0.429. The van der Waals surface area contributed by atoms with E-state index in [0.717, 1.165) is 6.07 Å². The van der Waals surface area contributed by atoms with Gasteiger partial charge in [-0.25, -0.2) is 13.6 Å². The molecule has 118 valence electrons. The van der Waals surface area contributed by atoms with Crippen molar-refractivity contribution in [2.45, 2.75) is 37.6 Å². The smallest absolute Gasteiger partial charge is 0.255 e. The van der Waals surface area contributed by atoms with Crippen LogP contribution in [0.4, 0.5) is 0 Å². The van der Waals surface area contributed by atoms with Gasteiger partial charge in [0.25, 0.3) is 5.91 Å². The fourth-order valence-corrected chi connectivity index (χ4v) is 2.65. The monoisotopic (exact) mass is 334 g/mol. The van der Waals surface area contributed by atoms with E-state index in [9.17, 15) is 13.2 Å². The molecule has 0 atom stereocenters. The number of nitrogens with one attached hydrogen (secondary N) is 1. The average Bonchev–Trinajstić information content (AvgIpc) is 2.36. The Morgan fingerprint density at radius 1 is 1.43 bits per heavy atom. The second-order valence-electron chi connectivity index (χ2n) is 5.22. The minimum absolute atomic E-state index is 0.0237. The van der Waals surface area contributed by atoms with Crippen LogP contribution in [0.2, 0.25) is 5.02 Å². The molecule has 6 nitrogen and oxygen atoms in total. The number of benzene rings is 1. The van der Waals surface area contributed by atoms with E-state index in [2.05, 4.69) is 5.32 Å². The predicted molar refractivity (Wildman–Crippen MR) is 81.2 cm³/mol. The molecule has 8 heteroatoms. The zero-order valence-electron chi connectivity index (χ0n) is 12.4. The predicted octanol–water partition coefficient (Wildman–Crippen LogP) is 1.91. The van der Waals surface area contributed by atoms with Crippen LogP contribution in [0.15, 0.2) is 17.0 Å². The van der Waals surface area contributed by atoms with Gasteiger partial charge in [-0.15, -0.1) is 0 Å². The van der Waals surface area contributed by atoms with E-state index in [1.807, 2.05) is 20.8 Å². The summed E-state index contributed by atoms with van der Waals surface area (Å²) in [5, 5.41) is 8.00. The number of sulfonamides is 1. The number of methoxy groups -OCH3 is 1. The van der Waals surface area contributed by atoms with Crippen molar-refractivity contribution in [1.82, 2.24) is 5.32 Å². The first-order valence-corrected chi connectivity index (χ1v) is 8.17. The van der Waals surface area contributed by atoms with Crippen LogP contribution >= 0.6 is 11.6 Å². The molecule has 0 aliphatic carbocycles. The first-order chi connectivity index (χ1) is 9.51. The molecule has 1 amide bonds. The summed E-state index contributed by atoms with van der Waals surface area (Å²) < 4.78 is 28.2. The van der Waals surface area contributed by atoms with E-state index in [1.54, 1.807) is 0 Å². The average molecular weight is 335 g/mol. The molecule has 0 unspecified atom stereocenters. The van der Waals surface area contributed by atoms with Crippen molar-refractivity contribution in [1.29, 1.82) is 0 Å². The molecule has 21 heavy (non-hydrogen) atoms. The molecular formula is C13H19ClN2O4S. The van der Waals surface area contributed by atoms with Crippen molar-refractivity contribution >= 4 is 27.5 Å². The second-order valence-corrected chi connectivity index (χ2v) is 7.19. The zero-order valence-corrected chi connectivity index (χ0v) is 13.9. The van der Waals surface area contributed by atoms with Crippen molar-refractivity contribution in [2.75, 3.05) is 7.11 Å². The number of ether oxygens (including phenoxy) is 1. The first kappa shape index (κ1) is 17.7. The molecule has 0 radical (unpaired) electrons.